The SMILES string of the molecule is CCCCCC(C)OC(=O)CCCCCCCCC(=O)OCCC. The minimum atomic E-state index is -0.0762. The molecule has 0 fully saturated rings. The normalized spacial score (nSPS) is 12.0. The summed E-state index contributed by atoms with van der Waals surface area (Å²) in [5.74, 6) is -0.134. The highest BCUT2D eigenvalue weighted by molar-refractivity contribution is 5.69. The van der Waals surface area contributed by atoms with Crippen molar-refractivity contribution in [2.24, 2.45) is 0 Å². The molecule has 0 N–H and O–H groups in total. The van der Waals surface area contributed by atoms with Gasteiger partial charge in [-0.2, -0.15) is 0 Å². The largest absolute Gasteiger partial charge is 0.466 e. The molecule has 0 aromatic rings. The number of rotatable bonds is 16. The van der Waals surface area contributed by atoms with Crippen molar-refractivity contribution in [3.8, 4) is 0 Å². The number of hydrogen-bond donors (Lipinski definition) is 0. The third kappa shape index (κ3) is 15.8. The molecule has 4 heteroatoms. The fraction of sp³-hybridized carbons (Fsp3) is 0.900. The van der Waals surface area contributed by atoms with Crippen molar-refractivity contribution in [2.75, 3.05) is 6.61 Å². The number of carbonyl (C=O) groups is 2. The predicted molar refractivity (Wildman–Crippen MR) is 97.9 cm³/mol. The van der Waals surface area contributed by atoms with E-state index in [-0.39, 0.29) is 18.0 Å². The van der Waals surface area contributed by atoms with Crippen LogP contribution in [-0.2, 0) is 19.1 Å². The van der Waals surface area contributed by atoms with E-state index >= 15 is 0 Å². The molecule has 0 rings (SSSR count). The fourth-order valence-corrected chi connectivity index (χ4v) is 2.56. The molecule has 0 heterocycles. The maximum absolute atomic E-state index is 11.7. The molecule has 1 atom stereocenters. The summed E-state index contributed by atoms with van der Waals surface area (Å²) < 4.78 is 10.4. The molecule has 0 bridgehead atoms. The number of esters is 2. The van der Waals surface area contributed by atoms with Crippen molar-refractivity contribution in [1.82, 2.24) is 0 Å². The standard InChI is InChI=1S/C20H38O4/c1-4-6-11-14-18(3)24-20(22)16-13-10-8-7-9-12-15-19(21)23-17-5-2/h18H,4-17H2,1-3H3. The number of unbranched alkanes of at least 4 members (excludes halogenated alkanes) is 7. The first kappa shape index (κ1) is 22.9. The number of ether oxygens (including phenoxy) is 2. The van der Waals surface area contributed by atoms with E-state index in [9.17, 15) is 9.59 Å². The van der Waals surface area contributed by atoms with Crippen molar-refractivity contribution in [3.05, 3.63) is 0 Å². The molecule has 0 saturated carbocycles. The Morgan fingerprint density at radius 1 is 0.750 bits per heavy atom. The first-order valence-electron chi connectivity index (χ1n) is 9.95. The van der Waals surface area contributed by atoms with Gasteiger partial charge in [-0.1, -0.05) is 52.4 Å². The average molecular weight is 343 g/mol. The minimum absolute atomic E-state index is 0.0523. The van der Waals surface area contributed by atoms with Crippen LogP contribution in [0.3, 0.4) is 0 Å². The molecule has 0 spiro atoms. The second kappa shape index (κ2) is 16.8. The zero-order chi connectivity index (χ0) is 18.0. The van der Waals surface area contributed by atoms with Crippen LogP contribution in [0.5, 0.6) is 0 Å². The van der Waals surface area contributed by atoms with Crippen molar-refractivity contribution in [2.45, 2.75) is 110 Å². The molecule has 142 valence electrons. The molecule has 24 heavy (non-hydrogen) atoms. The summed E-state index contributed by atoms with van der Waals surface area (Å²) in [6, 6.07) is 0. The van der Waals surface area contributed by atoms with Crippen LogP contribution < -0.4 is 0 Å². The van der Waals surface area contributed by atoms with Gasteiger partial charge in [-0.05, 0) is 39.0 Å². The predicted octanol–water partition coefficient (Wildman–Crippen LogP) is 5.57. The lowest BCUT2D eigenvalue weighted by Gasteiger charge is -2.12. The van der Waals surface area contributed by atoms with Gasteiger partial charge >= 0.3 is 11.9 Å². The van der Waals surface area contributed by atoms with Gasteiger partial charge in [0.2, 0.25) is 0 Å². The molecule has 0 radical (unpaired) electrons. The van der Waals surface area contributed by atoms with Gasteiger partial charge in [-0.3, -0.25) is 9.59 Å². The summed E-state index contributed by atoms with van der Waals surface area (Å²) in [6.07, 6.45) is 12.6. The van der Waals surface area contributed by atoms with Gasteiger partial charge in [0, 0.05) is 12.8 Å². The topological polar surface area (TPSA) is 52.6 Å². The summed E-state index contributed by atoms with van der Waals surface area (Å²) in [4.78, 5) is 23.0. The van der Waals surface area contributed by atoms with Crippen LogP contribution in [0.1, 0.15) is 104 Å². The highest BCUT2D eigenvalue weighted by Gasteiger charge is 2.08. The van der Waals surface area contributed by atoms with Crippen molar-refractivity contribution < 1.29 is 19.1 Å². The van der Waals surface area contributed by atoms with Gasteiger partial charge in [0.25, 0.3) is 0 Å². The van der Waals surface area contributed by atoms with Crippen LogP contribution in [0.15, 0.2) is 0 Å². The second-order valence-electron chi connectivity index (χ2n) is 6.64. The molecular weight excluding hydrogens is 304 g/mol. The Hall–Kier alpha value is -1.06. The van der Waals surface area contributed by atoms with E-state index in [1.54, 1.807) is 0 Å². The lowest BCUT2D eigenvalue weighted by Crippen LogP contribution is -2.14. The van der Waals surface area contributed by atoms with Crippen LogP contribution in [0.2, 0.25) is 0 Å². The quantitative estimate of drug-likeness (QED) is 0.272. The van der Waals surface area contributed by atoms with E-state index in [4.69, 9.17) is 9.47 Å². The first-order chi connectivity index (χ1) is 11.6. The molecule has 0 aliphatic heterocycles. The van der Waals surface area contributed by atoms with E-state index < -0.39 is 0 Å². The zero-order valence-electron chi connectivity index (χ0n) is 16.1. The van der Waals surface area contributed by atoms with Crippen molar-refractivity contribution in [3.63, 3.8) is 0 Å². The number of carbonyl (C=O) groups excluding carboxylic acids is 2. The van der Waals surface area contributed by atoms with Gasteiger partial charge in [0.05, 0.1) is 12.7 Å². The Morgan fingerprint density at radius 3 is 1.92 bits per heavy atom. The Kier molecular flexibility index (Phi) is 16.0. The highest BCUT2D eigenvalue weighted by Crippen LogP contribution is 2.11. The molecule has 0 aromatic carbocycles. The Bertz CT molecular complexity index is 315. The molecule has 0 saturated heterocycles. The summed E-state index contributed by atoms with van der Waals surface area (Å²) in [6.45, 7) is 6.69. The van der Waals surface area contributed by atoms with Crippen LogP contribution in [0.4, 0.5) is 0 Å². The van der Waals surface area contributed by atoms with E-state index in [0.717, 1.165) is 57.8 Å². The maximum Gasteiger partial charge on any atom is 0.306 e. The Morgan fingerprint density at radius 2 is 1.33 bits per heavy atom. The van der Waals surface area contributed by atoms with Gasteiger partial charge in [0.15, 0.2) is 0 Å². The van der Waals surface area contributed by atoms with Crippen LogP contribution in [0.25, 0.3) is 0 Å². The molecule has 0 aliphatic carbocycles. The van der Waals surface area contributed by atoms with Gasteiger partial charge in [0.1, 0.15) is 0 Å². The second-order valence-corrected chi connectivity index (χ2v) is 6.64. The molecule has 0 amide bonds. The average Bonchev–Trinajstić information content (AvgIpc) is 2.55. The van der Waals surface area contributed by atoms with Gasteiger partial charge in [-0.15, -0.1) is 0 Å². The third-order valence-corrected chi connectivity index (χ3v) is 4.03. The van der Waals surface area contributed by atoms with Crippen molar-refractivity contribution >= 4 is 11.9 Å². The van der Waals surface area contributed by atoms with Crippen molar-refractivity contribution in [1.29, 1.82) is 0 Å². The molecule has 0 aromatic heterocycles. The summed E-state index contributed by atoms with van der Waals surface area (Å²) in [7, 11) is 0. The Labute approximate surface area is 148 Å². The highest BCUT2D eigenvalue weighted by atomic mass is 16.5. The monoisotopic (exact) mass is 342 g/mol. The number of hydrogen-bond acceptors (Lipinski definition) is 4. The van der Waals surface area contributed by atoms with E-state index in [0.29, 0.717) is 19.4 Å². The lowest BCUT2D eigenvalue weighted by atomic mass is 10.1. The molecular formula is C20H38O4. The molecule has 1 unspecified atom stereocenters. The molecule has 0 aliphatic rings. The first-order valence-corrected chi connectivity index (χ1v) is 9.95. The van der Waals surface area contributed by atoms with Crippen LogP contribution in [-0.4, -0.2) is 24.6 Å². The summed E-state index contributed by atoms with van der Waals surface area (Å²) in [5.41, 5.74) is 0. The summed E-state index contributed by atoms with van der Waals surface area (Å²) >= 11 is 0. The van der Waals surface area contributed by atoms with Gasteiger partial charge in [-0.25, -0.2) is 0 Å². The molecule has 4 nitrogen and oxygen atoms in total. The third-order valence-electron chi connectivity index (χ3n) is 4.03. The zero-order valence-corrected chi connectivity index (χ0v) is 16.1. The van der Waals surface area contributed by atoms with Crippen LogP contribution in [0, 0.1) is 0 Å². The Balaban J connectivity index is 3.37. The maximum atomic E-state index is 11.7. The van der Waals surface area contributed by atoms with E-state index in [1.165, 1.54) is 12.8 Å². The summed E-state index contributed by atoms with van der Waals surface area (Å²) in [5, 5.41) is 0. The smallest absolute Gasteiger partial charge is 0.306 e. The van der Waals surface area contributed by atoms with E-state index in [2.05, 4.69) is 6.92 Å². The fourth-order valence-electron chi connectivity index (χ4n) is 2.56. The lowest BCUT2D eigenvalue weighted by molar-refractivity contribution is -0.148. The van der Waals surface area contributed by atoms with Crippen LogP contribution >= 0.6 is 0 Å². The van der Waals surface area contributed by atoms with E-state index in [1.807, 2.05) is 13.8 Å². The van der Waals surface area contributed by atoms with Gasteiger partial charge < -0.3 is 9.47 Å². The minimum Gasteiger partial charge on any atom is -0.466 e.